The molecule has 3 heterocycles. The highest BCUT2D eigenvalue weighted by Gasteiger charge is 2.16. The zero-order valence-electron chi connectivity index (χ0n) is 16.6. The van der Waals surface area contributed by atoms with E-state index < -0.39 is 5.97 Å². The van der Waals surface area contributed by atoms with E-state index in [4.69, 9.17) is 4.74 Å². The number of carbonyl (C=O) groups excluding carboxylic acids is 1. The highest BCUT2D eigenvalue weighted by Crippen LogP contribution is 2.28. The topological polar surface area (TPSA) is 74.8 Å². The molecule has 9 heteroatoms. The van der Waals surface area contributed by atoms with Crippen LogP contribution >= 0.6 is 11.3 Å². The van der Waals surface area contributed by atoms with Crippen LogP contribution in [0.4, 0.5) is 4.39 Å². The van der Waals surface area contributed by atoms with E-state index in [1.807, 2.05) is 30.9 Å². The number of nitrogens with zero attached hydrogens (tertiary/aromatic N) is 5. The lowest BCUT2D eigenvalue weighted by atomic mass is 10.2. The van der Waals surface area contributed by atoms with E-state index in [9.17, 15) is 9.18 Å². The van der Waals surface area contributed by atoms with Crippen molar-refractivity contribution in [2.24, 2.45) is 14.1 Å². The number of aromatic nitrogens is 5. The third kappa shape index (κ3) is 3.59. The van der Waals surface area contributed by atoms with Gasteiger partial charge in [-0.3, -0.25) is 4.68 Å². The molecule has 0 atom stereocenters. The number of ether oxygens (including phenoxy) is 1. The van der Waals surface area contributed by atoms with Crippen LogP contribution in [0.15, 0.2) is 60.2 Å². The predicted molar refractivity (Wildman–Crippen MR) is 115 cm³/mol. The first kappa shape index (κ1) is 19.1. The first-order chi connectivity index (χ1) is 15.0. The van der Waals surface area contributed by atoms with E-state index >= 15 is 0 Å². The number of imidazole rings is 1. The van der Waals surface area contributed by atoms with Crippen molar-refractivity contribution in [3.8, 4) is 27.7 Å². The normalized spacial score (nSPS) is 11.2. The van der Waals surface area contributed by atoms with Gasteiger partial charge in [-0.05, 0) is 24.3 Å². The highest BCUT2D eigenvalue weighted by atomic mass is 32.1. The van der Waals surface area contributed by atoms with Gasteiger partial charge in [-0.25, -0.2) is 19.2 Å². The van der Waals surface area contributed by atoms with Crippen LogP contribution in [0, 0.1) is 5.82 Å². The average Bonchev–Trinajstić information content (AvgIpc) is 3.47. The van der Waals surface area contributed by atoms with Gasteiger partial charge in [0.25, 0.3) is 0 Å². The lowest BCUT2D eigenvalue weighted by Crippen LogP contribution is -2.09. The number of carbonyl (C=O) groups is 1. The first-order valence-corrected chi connectivity index (χ1v) is 10.2. The van der Waals surface area contributed by atoms with Crippen LogP contribution in [0.1, 0.15) is 10.5 Å². The Morgan fingerprint density at radius 1 is 1.10 bits per heavy atom. The van der Waals surface area contributed by atoms with Crippen LogP contribution in [-0.2, 0) is 14.1 Å². The quantitative estimate of drug-likeness (QED) is 0.309. The summed E-state index contributed by atoms with van der Waals surface area (Å²) in [5.41, 5.74) is 3.19. The Labute approximate surface area is 180 Å². The molecule has 3 aromatic heterocycles. The third-order valence-electron chi connectivity index (χ3n) is 4.81. The van der Waals surface area contributed by atoms with E-state index in [0.29, 0.717) is 22.1 Å². The van der Waals surface area contributed by atoms with Gasteiger partial charge in [0.15, 0.2) is 5.69 Å². The Balaban J connectivity index is 1.40. The van der Waals surface area contributed by atoms with Crippen molar-refractivity contribution >= 4 is 28.3 Å². The predicted octanol–water partition coefficient (Wildman–Crippen LogP) is 4.46. The van der Waals surface area contributed by atoms with Gasteiger partial charge in [0.2, 0.25) is 0 Å². The SMILES string of the molecule is Cn1cc(-c2nc(C(=O)Oc3cccc(-c4nc5cc(F)ccc5n4C)c3)cs2)cn1. The second-order valence-electron chi connectivity index (χ2n) is 6.99. The average molecular weight is 433 g/mol. The minimum absolute atomic E-state index is 0.229. The van der Waals surface area contributed by atoms with Gasteiger partial charge >= 0.3 is 5.97 Å². The fraction of sp³-hybridized carbons (Fsp3) is 0.0909. The molecule has 0 aliphatic carbocycles. The monoisotopic (exact) mass is 433 g/mol. The van der Waals surface area contributed by atoms with Crippen molar-refractivity contribution in [2.75, 3.05) is 0 Å². The smallest absolute Gasteiger partial charge is 0.363 e. The van der Waals surface area contributed by atoms with E-state index in [1.165, 1.54) is 23.5 Å². The van der Waals surface area contributed by atoms with Crippen LogP contribution in [0.3, 0.4) is 0 Å². The zero-order chi connectivity index (χ0) is 21.5. The molecule has 154 valence electrons. The third-order valence-corrected chi connectivity index (χ3v) is 5.70. The van der Waals surface area contributed by atoms with Crippen LogP contribution < -0.4 is 4.74 Å². The summed E-state index contributed by atoms with van der Waals surface area (Å²) in [6.07, 6.45) is 3.53. The molecule has 0 amide bonds. The second kappa shape index (κ2) is 7.44. The first-order valence-electron chi connectivity index (χ1n) is 9.37. The molecule has 0 aliphatic rings. The highest BCUT2D eigenvalue weighted by molar-refractivity contribution is 7.13. The minimum atomic E-state index is -0.546. The van der Waals surface area contributed by atoms with E-state index in [0.717, 1.165) is 16.6 Å². The van der Waals surface area contributed by atoms with Crippen LogP contribution in [0.5, 0.6) is 5.75 Å². The molecular formula is C22H16FN5O2S. The van der Waals surface area contributed by atoms with Crippen molar-refractivity contribution in [3.63, 3.8) is 0 Å². The Morgan fingerprint density at radius 3 is 2.77 bits per heavy atom. The van der Waals surface area contributed by atoms with Crippen LogP contribution in [0.25, 0.3) is 33.0 Å². The largest absolute Gasteiger partial charge is 0.422 e. The summed E-state index contributed by atoms with van der Waals surface area (Å²) in [6, 6.07) is 11.5. The summed E-state index contributed by atoms with van der Waals surface area (Å²) in [6.45, 7) is 0. The number of hydrogen-bond acceptors (Lipinski definition) is 6. The van der Waals surface area contributed by atoms with Gasteiger partial charge < -0.3 is 9.30 Å². The molecule has 7 nitrogen and oxygen atoms in total. The summed E-state index contributed by atoms with van der Waals surface area (Å²) in [5, 5.41) is 6.48. The summed E-state index contributed by atoms with van der Waals surface area (Å²) in [4.78, 5) is 21.5. The number of hydrogen-bond donors (Lipinski definition) is 0. The van der Waals surface area contributed by atoms with E-state index in [1.54, 1.807) is 40.5 Å². The Morgan fingerprint density at radius 2 is 1.97 bits per heavy atom. The van der Waals surface area contributed by atoms with Gasteiger partial charge in [-0.1, -0.05) is 12.1 Å². The molecule has 0 saturated carbocycles. The Kier molecular flexibility index (Phi) is 4.59. The lowest BCUT2D eigenvalue weighted by Gasteiger charge is -2.06. The van der Waals surface area contributed by atoms with E-state index in [2.05, 4.69) is 15.1 Å². The molecule has 0 saturated heterocycles. The van der Waals surface area contributed by atoms with Crippen LogP contribution in [-0.4, -0.2) is 30.3 Å². The Bertz CT molecular complexity index is 1430. The number of thiazole rings is 1. The number of esters is 1. The summed E-state index contributed by atoms with van der Waals surface area (Å²) < 4.78 is 22.6. The Hall–Kier alpha value is -3.85. The molecule has 5 aromatic rings. The number of benzene rings is 2. The number of fused-ring (bicyclic) bond motifs is 1. The molecule has 0 N–H and O–H groups in total. The number of halogens is 1. The van der Waals surface area contributed by atoms with Gasteiger partial charge in [-0.2, -0.15) is 5.10 Å². The maximum absolute atomic E-state index is 13.5. The van der Waals surface area contributed by atoms with Crippen molar-refractivity contribution in [3.05, 3.63) is 71.7 Å². The molecule has 31 heavy (non-hydrogen) atoms. The molecule has 2 aromatic carbocycles. The minimum Gasteiger partial charge on any atom is -0.422 e. The lowest BCUT2D eigenvalue weighted by molar-refractivity contribution is 0.0729. The molecular weight excluding hydrogens is 417 g/mol. The number of aryl methyl sites for hydroxylation is 2. The second-order valence-corrected chi connectivity index (χ2v) is 7.84. The molecule has 0 radical (unpaired) electrons. The fourth-order valence-corrected chi connectivity index (χ4v) is 4.09. The van der Waals surface area contributed by atoms with Crippen molar-refractivity contribution in [2.45, 2.75) is 0 Å². The molecule has 5 rings (SSSR count). The molecule has 0 unspecified atom stereocenters. The zero-order valence-corrected chi connectivity index (χ0v) is 17.4. The van der Waals surface area contributed by atoms with Gasteiger partial charge in [0.05, 0.1) is 17.2 Å². The van der Waals surface area contributed by atoms with Crippen molar-refractivity contribution in [1.82, 2.24) is 24.3 Å². The van der Waals surface area contributed by atoms with Gasteiger partial charge in [-0.15, -0.1) is 11.3 Å². The summed E-state index contributed by atoms with van der Waals surface area (Å²) >= 11 is 1.35. The fourth-order valence-electron chi connectivity index (χ4n) is 3.32. The van der Waals surface area contributed by atoms with Crippen molar-refractivity contribution in [1.29, 1.82) is 0 Å². The van der Waals surface area contributed by atoms with E-state index in [-0.39, 0.29) is 11.5 Å². The maximum Gasteiger partial charge on any atom is 0.363 e. The van der Waals surface area contributed by atoms with Gasteiger partial charge in [0, 0.05) is 42.9 Å². The molecule has 0 bridgehead atoms. The maximum atomic E-state index is 13.5. The van der Waals surface area contributed by atoms with Crippen LogP contribution in [0.2, 0.25) is 0 Å². The summed E-state index contributed by atoms with van der Waals surface area (Å²) in [7, 11) is 3.68. The molecule has 0 aliphatic heterocycles. The molecule has 0 spiro atoms. The van der Waals surface area contributed by atoms with Gasteiger partial charge in [0.1, 0.15) is 22.4 Å². The van der Waals surface area contributed by atoms with Crippen molar-refractivity contribution < 1.29 is 13.9 Å². The standard InChI is InChI=1S/C22H16FN5O2S/c1-27-11-14(10-24-27)21-26-18(12-31-21)22(29)30-16-5-3-4-13(8-16)20-25-17-9-15(23)6-7-19(17)28(20)2/h3-12H,1-2H3. The number of rotatable bonds is 4. The molecule has 0 fully saturated rings. The summed E-state index contributed by atoms with van der Waals surface area (Å²) in [5.74, 6) is 0.132.